The van der Waals surface area contributed by atoms with E-state index >= 15 is 0 Å². The monoisotopic (exact) mass is 468 g/mol. The summed E-state index contributed by atoms with van der Waals surface area (Å²) in [5, 5.41) is 0.571. The Morgan fingerprint density at radius 2 is 1.79 bits per heavy atom. The van der Waals surface area contributed by atoms with Crippen LogP contribution in [0, 0.1) is 5.92 Å². The van der Waals surface area contributed by atoms with Crippen LogP contribution in [0.2, 0.25) is 0 Å². The molecule has 1 saturated heterocycles. The molecule has 176 valence electrons. The van der Waals surface area contributed by atoms with E-state index in [9.17, 15) is 8.42 Å². The molecule has 0 atom stereocenters. The predicted molar refractivity (Wildman–Crippen MR) is 135 cm³/mol. The van der Waals surface area contributed by atoms with Crippen LogP contribution in [0.25, 0.3) is 22.2 Å². The van der Waals surface area contributed by atoms with Crippen molar-refractivity contribution >= 4 is 38.0 Å². The average molecular weight is 469 g/mol. The van der Waals surface area contributed by atoms with E-state index in [1.165, 1.54) is 18.5 Å². The molecule has 0 radical (unpaired) electrons. The number of hydrogen-bond donors (Lipinski definition) is 2. The number of ether oxygens (including phenoxy) is 1. The van der Waals surface area contributed by atoms with Crippen molar-refractivity contribution in [1.29, 1.82) is 0 Å². The standard InChI is InChI=1S/C25H32N4O3S/c1-17(2)33(30,31)27-20-7-5-19(6-8-20)25-24(26)22-10-9-21(28-11-13-32-14-12-28)15-23(22)29(25)16-18-3-4-18/h5-10,15,17-18,27H,3-4,11-14,16,26H2,1-2H3. The molecular formula is C25H32N4O3S. The van der Waals surface area contributed by atoms with Crippen LogP contribution in [0.4, 0.5) is 17.1 Å². The molecular weight excluding hydrogens is 436 g/mol. The van der Waals surface area contributed by atoms with Crippen LogP contribution in [-0.2, 0) is 21.3 Å². The van der Waals surface area contributed by atoms with E-state index in [0.29, 0.717) is 11.6 Å². The van der Waals surface area contributed by atoms with Crippen molar-refractivity contribution in [1.82, 2.24) is 4.57 Å². The fourth-order valence-corrected chi connectivity index (χ4v) is 5.12. The number of fused-ring (bicyclic) bond motifs is 1. The quantitative estimate of drug-likeness (QED) is 0.540. The van der Waals surface area contributed by atoms with Gasteiger partial charge in [-0.25, -0.2) is 8.42 Å². The van der Waals surface area contributed by atoms with Crippen LogP contribution in [0.15, 0.2) is 42.5 Å². The maximum Gasteiger partial charge on any atom is 0.235 e. The zero-order valence-corrected chi connectivity index (χ0v) is 20.1. The van der Waals surface area contributed by atoms with Gasteiger partial charge in [-0.15, -0.1) is 0 Å². The zero-order chi connectivity index (χ0) is 23.2. The summed E-state index contributed by atoms with van der Waals surface area (Å²) in [6.07, 6.45) is 2.50. The highest BCUT2D eigenvalue weighted by Crippen LogP contribution is 2.41. The number of aromatic nitrogens is 1. The average Bonchev–Trinajstić information content (AvgIpc) is 3.59. The van der Waals surface area contributed by atoms with E-state index in [2.05, 4.69) is 32.4 Å². The molecule has 8 heteroatoms. The lowest BCUT2D eigenvalue weighted by Gasteiger charge is -2.29. The number of hydrogen-bond acceptors (Lipinski definition) is 5. The van der Waals surface area contributed by atoms with Crippen LogP contribution >= 0.6 is 0 Å². The van der Waals surface area contributed by atoms with Gasteiger partial charge in [0.05, 0.1) is 35.4 Å². The van der Waals surface area contributed by atoms with E-state index in [1.807, 2.05) is 24.3 Å². The van der Waals surface area contributed by atoms with Crippen LogP contribution < -0.4 is 15.4 Å². The Balaban J connectivity index is 1.54. The summed E-state index contributed by atoms with van der Waals surface area (Å²) in [5.41, 5.74) is 12.4. The minimum atomic E-state index is -3.38. The molecule has 1 aliphatic heterocycles. The van der Waals surface area contributed by atoms with Gasteiger partial charge in [0.15, 0.2) is 0 Å². The van der Waals surface area contributed by atoms with Crippen molar-refractivity contribution in [2.45, 2.75) is 38.5 Å². The second-order valence-corrected chi connectivity index (χ2v) is 11.6. The number of nitrogens with two attached hydrogens (primary N) is 1. The van der Waals surface area contributed by atoms with Crippen molar-refractivity contribution < 1.29 is 13.2 Å². The molecule has 0 unspecified atom stereocenters. The number of rotatable bonds is 7. The van der Waals surface area contributed by atoms with Crippen molar-refractivity contribution in [3.63, 3.8) is 0 Å². The maximum absolute atomic E-state index is 12.2. The van der Waals surface area contributed by atoms with Gasteiger partial charge >= 0.3 is 0 Å². The van der Waals surface area contributed by atoms with E-state index < -0.39 is 15.3 Å². The third kappa shape index (κ3) is 4.42. The van der Waals surface area contributed by atoms with Crippen LogP contribution in [0.3, 0.4) is 0 Å². The van der Waals surface area contributed by atoms with Gasteiger partial charge < -0.3 is 19.9 Å². The highest BCUT2D eigenvalue weighted by Gasteiger charge is 2.26. The van der Waals surface area contributed by atoms with E-state index in [-0.39, 0.29) is 0 Å². The summed E-state index contributed by atoms with van der Waals surface area (Å²) in [4.78, 5) is 2.36. The van der Waals surface area contributed by atoms with Gasteiger partial charge in [0.1, 0.15) is 0 Å². The van der Waals surface area contributed by atoms with Crippen molar-refractivity contribution in [2.24, 2.45) is 5.92 Å². The Morgan fingerprint density at radius 3 is 2.42 bits per heavy atom. The first-order valence-electron chi connectivity index (χ1n) is 11.7. The Hall–Kier alpha value is -2.71. The first-order valence-corrected chi connectivity index (χ1v) is 13.2. The lowest BCUT2D eigenvalue weighted by Crippen LogP contribution is -2.36. The lowest BCUT2D eigenvalue weighted by atomic mass is 10.1. The fourth-order valence-electron chi connectivity index (χ4n) is 4.42. The summed E-state index contributed by atoms with van der Waals surface area (Å²) < 4.78 is 35.0. The summed E-state index contributed by atoms with van der Waals surface area (Å²) in [6.45, 7) is 7.56. The third-order valence-electron chi connectivity index (χ3n) is 6.64. The third-order valence-corrected chi connectivity index (χ3v) is 8.40. The molecule has 2 aliphatic rings. The molecule has 2 fully saturated rings. The summed E-state index contributed by atoms with van der Waals surface area (Å²) in [5.74, 6) is 0.683. The molecule has 1 aliphatic carbocycles. The Labute approximate surface area is 195 Å². The number of anilines is 3. The molecule has 2 aromatic carbocycles. The van der Waals surface area contributed by atoms with Gasteiger partial charge in [-0.2, -0.15) is 0 Å². The molecule has 1 saturated carbocycles. The summed E-state index contributed by atoms with van der Waals surface area (Å²) in [6, 6.07) is 14.1. The molecule has 7 nitrogen and oxygen atoms in total. The van der Waals surface area contributed by atoms with Gasteiger partial charge in [-0.05, 0) is 62.9 Å². The van der Waals surface area contributed by atoms with E-state index in [0.717, 1.165) is 60.7 Å². The minimum Gasteiger partial charge on any atom is -0.396 e. The molecule has 0 spiro atoms. The summed E-state index contributed by atoms with van der Waals surface area (Å²) >= 11 is 0. The fraction of sp³-hybridized carbons (Fsp3) is 0.440. The van der Waals surface area contributed by atoms with Gasteiger partial charge in [0.2, 0.25) is 10.0 Å². The Kier molecular flexibility index (Phi) is 5.74. The molecule has 1 aromatic heterocycles. The molecule has 0 amide bonds. The Bertz CT molecular complexity index is 1260. The van der Waals surface area contributed by atoms with Crippen LogP contribution in [0.5, 0.6) is 0 Å². The molecule has 33 heavy (non-hydrogen) atoms. The zero-order valence-electron chi connectivity index (χ0n) is 19.3. The number of nitrogens with one attached hydrogen (secondary N) is 1. The van der Waals surface area contributed by atoms with Crippen molar-refractivity contribution in [3.8, 4) is 11.3 Å². The highest BCUT2D eigenvalue weighted by atomic mass is 32.2. The van der Waals surface area contributed by atoms with Gasteiger partial charge in [-0.3, -0.25) is 4.72 Å². The number of morpholine rings is 1. The molecule has 5 rings (SSSR count). The van der Waals surface area contributed by atoms with Crippen molar-refractivity contribution in [3.05, 3.63) is 42.5 Å². The minimum absolute atomic E-state index is 0.491. The maximum atomic E-state index is 12.2. The second kappa shape index (κ2) is 8.57. The largest absolute Gasteiger partial charge is 0.396 e. The van der Waals surface area contributed by atoms with Crippen LogP contribution in [-0.4, -0.2) is 44.5 Å². The summed E-state index contributed by atoms with van der Waals surface area (Å²) in [7, 11) is -3.38. The van der Waals surface area contributed by atoms with Crippen molar-refractivity contribution in [2.75, 3.05) is 41.7 Å². The first kappa shape index (κ1) is 22.1. The smallest absolute Gasteiger partial charge is 0.235 e. The highest BCUT2D eigenvalue weighted by molar-refractivity contribution is 7.93. The van der Waals surface area contributed by atoms with Gasteiger partial charge in [0, 0.05) is 42.0 Å². The number of nitrogen functional groups attached to an aromatic ring is 1. The normalized spacial score (nSPS) is 17.1. The van der Waals surface area contributed by atoms with Crippen LogP contribution in [0.1, 0.15) is 26.7 Å². The molecule has 0 bridgehead atoms. The number of benzene rings is 2. The number of nitrogens with zero attached hydrogens (tertiary/aromatic N) is 2. The topological polar surface area (TPSA) is 89.6 Å². The SMILES string of the molecule is CC(C)S(=O)(=O)Nc1ccc(-c2c(N)c3ccc(N4CCOCC4)cc3n2CC2CC2)cc1. The number of sulfonamides is 1. The first-order chi connectivity index (χ1) is 15.8. The van der Waals surface area contributed by atoms with E-state index in [1.54, 1.807) is 13.8 Å². The molecule has 3 N–H and O–H groups in total. The molecule has 2 heterocycles. The Morgan fingerprint density at radius 1 is 1.09 bits per heavy atom. The second-order valence-electron chi connectivity index (χ2n) is 9.39. The van der Waals surface area contributed by atoms with E-state index in [4.69, 9.17) is 10.5 Å². The van der Waals surface area contributed by atoms with Gasteiger partial charge in [-0.1, -0.05) is 12.1 Å². The molecule has 3 aromatic rings. The van der Waals surface area contributed by atoms with Gasteiger partial charge in [0.25, 0.3) is 0 Å². The predicted octanol–water partition coefficient (Wildman–Crippen LogP) is 4.29. The lowest BCUT2D eigenvalue weighted by molar-refractivity contribution is 0.122.